The minimum Gasteiger partial charge on any atom is -0.333 e. The Kier molecular flexibility index (Phi) is 4.33. The van der Waals surface area contributed by atoms with E-state index in [4.69, 9.17) is 0 Å². The lowest BCUT2D eigenvalue weighted by Gasteiger charge is -2.37. The van der Waals surface area contributed by atoms with Crippen molar-refractivity contribution in [1.29, 1.82) is 0 Å². The van der Waals surface area contributed by atoms with Crippen LogP contribution in [0.3, 0.4) is 0 Å². The molecule has 2 unspecified atom stereocenters. The van der Waals surface area contributed by atoms with Crippen LogP contribution in [0.4, 0.5) is 0 Å². The molecule has 0 aromatic heterocycles. The third-order valence-corrected chi connectivity index (χ3v) is 2.87. The molecule has 0 spiro atoms. The minimum absolute atomic E-state index is 0.192. The van der Waals surface area contributed by atoms with Crippen molar-refractivity contribution >= 4 is 5.91 Å². The van der Waals surface area contributed by atoms with Crippen molar-refractivity contribution in [3.8, 4) is 0 Å². The van der Waals surface area contributed by atoms with Crippen molar-refractivity contribution in [2.24, 2.45) is 0 Å². The molecule has 0 radical (unpaired) electrons. The maximum atomic E-state index is 12.1. The summed E-state index contributed by atoms with van der Waals surface area (Å²) < 4.78 is 0. The van der Waals surface area contributed by atoms with Gasteiger partial charge in [0.05, 0.1) is 0 Å². The highest BCUT2D eigenvalue weighted by Gasteiger charge is 2.26. The number of amides is 1. The molecule has 1 rings (SSSR count). The van der Waals surface area contributed by atoms with E-state index < -0.39 is 0 Å². The van der Waals surface area contributed by atoms with Crippen molar-refractivity contribution in [1.82, 2.24) is 10.2 Å². The highest BCUT2D eigenvalue weighted by molar-refractivity contribution is 5.93. The van der Waals surface area contributed by atoms with Crippen LogP contribution in [-0.4, -0.2) is 36.0 Å². The summed E-state index contributed by atoms with van der Waals surface area (Å²) in [6.45, 7) is 9.88. The lowest BCUT2D eigenvalue weighted by molar-refractivity contribution is -0.130. The summed E-state index contributed by atoms with van der Waals surface area (Å²) in [5, 5.41) is 3.37. The summed E-state index contributed by atoms with van der Waals surface area (Å²) in [4.78, 5) is 14.0. The molecule has 15 heavy (non-hydrogen) atoms. The SMILES string of the molecule is CCC=C(C)C(=O)N1CC(C)NCC1C. The highest BCUT2D eigenvalue weighted by atomic mass is 16.2. The fraction of sp³-hybridized carbons (Fsp3) is 0.750. The molecule has 0 aromatic carbocycles. The number of allylic oxidation sites excluding steroid dienone is 1. The predicted octanol–water partition coefficient (Wildman–Crippen LogP) is 1.55. The van der Waals surface area contributed by atoms with Gasteiger partial charge in [0.2, 0.25) is 5.91 Å². The number of nitrogens with zero attached hydrogens (tertiary/aromatic N) is 1. The molecule has 0 bridgehead atoms. The molecular weight excluding hydrogens is 188 g/mol. The number of carbonyl (C=O) groups excluding carboxylic acids is 1. The monoisotopic (exact) mass is 210 g/mol. The van der Waals surface area contributed by atoms with Gasteiger partial charge in [-0.3, -0.25) is 4.79 Å². The lowest BCUT2D eigenvalue weighted by Crippen LogP contribution is -2.56. The molecule has 1 saturated heterocycles. The standard InChI is InChI=1S/C12H22N2O/c1-5-6-9(2)12(15)14-8-10(3)13-7-11(14)4/h6,10-11,13H,5,7-8H2,1-4H3. The van der Waals surface area contributed by atoms with E-state index in [0.717, 1.165) is 25.1 Å². The first-order valence-electron chi connectivity index (χ1n) is 5.77. The first kappa shape index (κ1) is 12.2. The van der Waals surface area contributed by atoms with E-state index in [0.29, 0.717) is 12.1 Å². The molecular formula is C12H22N2O. The van der Waals surface area contributed by atoms with Crippen LogP contribution in [0.25, 0.3) is 0 Å². The van der Waals surface area contributed by atoms with Gasteiger partial charge in [-0.05, 0) is 27.2 Å². The number of piperazine rings is 1. The maximum absolute atomic E-state index is 12.1. The van der Waals surface area contributed by atoms with Gasteiger partial charge in [-0.15, -0.1) is 0 Å². The highest BCUT2D eigenvalue weighted by Crippen LogP contribution is 2.11. The Morgan fingerprint density at radius 2 is 2.20 bits per heavy atom. The van der Waals surface area contributed by atoms with Crippen LogP contribution in [0.5, 0.6) is 0 Å². The molecule has 1 aliphatic heterocycles. The Bertz CT molecular complexity index is 260. The zero-order valence-electron chi connectivity index (χ0n) is 10.2. The second-order valence-corrected chi connectivity index (χ2v) is 4.41. The Hall–Kier alpha value is -0.830. The molecule has 1 fully saturated rings. The Morgan fingerprint density at radius 1 is 1.53 bits per heavy atom. The van der Waals surface area contributed by atoms with E-state index in [-0.39, 0.29) is 5.91 Å². The lowest BCUT2D eigenvalue weighted by atomic mass is 10.1. The topological polar surface area (TPSA) is 32.3 Å². The number of hydrogen-bond donors (Lipinski definition) is 1. The van der Waals surface area contributed by atoms with E-state index in [2.05, 4.69) is 26.1 Å². The van der Waals surface area contributed by atoms with E-state index in [1.54, 1.807) is 0 Å². The normalized spacial score (nSPS) is 28.0. The van der Waals surface area contributed by atoms with Crippen molar-refractivity contribution in [3.05, 3.63) is 11.6 Å². The molecule has 0 saturated carbocycles. The van der Waals surface area contributed by atoms with E-state index in [1.807, 2.05) is 17.9 Å². The van der Waals surface area contributed by atoms with E-state index >= 15 is 0 Å². The molecule has 1 amide bonds. The molecule has 0 aliphatic carbocycles. The second kappa shape index (κ2) is 5.31. The van der Waals surface area contributed by atoms with Crippen molar-refractivity contribution < 1.29 is 4.79 Å². The number of rotatable bonds is 2. The number of nitrogens with one attached hydrogen (secondary N) is 1. The summed E-state index contributed by atoms with van der Waals surface area (Å²) in [6.07, 6.45) is 2.93. The average Bonchev–Trinajstić information content (AvgIpc) is 2.21. The van der Waals surface area contributed by atoms with Crippen LogP contribution in [0, 0.1) is 0 Å². The van der Waals surface area contributed by atoms with Gasteiger partial charge in [-0.25, -0.2) is 0 Å². The van der Waals surface area contributed by atoms with Crippen LogP contribution in [0.1, 0.15) is 34.1 Å². The zero-order valence-corrected chi connectivity index (χ0v) is 10.2. The molecule has 0 aromatic rings. The Morgan fingerprint density at radius 3 is 2.80 bits per heavy atom. The van der Waals surface area contributed by atoms with Gasteiger partial charge < -0.3 is 10.2 Å². The summed E-state index contributed by atoms with van der Waals surface area (Å²) in [5.74, 6) is 0.192. The van der Waals surface area contributed by atoms with Gasteiger partial charge in [0.15, 0.2) is 0 Å². The van der Waals surface area contributed by atoms with Gasteiger partial charge in [0.25, 0.3) is 0 Å². The molecule has 3 nitrogen and oxygen atoms in total. The van der Waals surface area contributed by atoms with E-state index in [9.17, 15) is 4.79 Å². The Balaban J connectivity index is 2.68. The fourth-order valence-electron chi connectivity index (χ4n) is 1.92. The largest absolute Gasteiger partial charge is 0.333 e. The number of hydrogen-bond acceptors (Lipinski definition) is 2. The molecule has 1 aliphatic rings. The smallest absolute Gasteiger partial charge is 0.249 e. The summed E-state index contributed by atoms with van der Waals surface area (Å²) >= 11 is 0. The summed E-state index contributed by atoms with van der Waals surface area (Å²) in [6, 6.07) is 0.702. The molecule has 86 valence electrons. The van der Waals surface area contributed by atoms with Crippen LogP contribution in [0.2, 0.25) is 0 Å². The quantitative estimate of drug-likeness (QED) is 0.701. The van der Waals surface area contributed by atoms with Gasteiger partial charge in [-0.1, -0.05) is 13.0 Å². The van der Waals surface area contributed by atoms with Gasteiger partial charge in [0.1, 0.15) is 0 Å². The van der Waals surface area contributed by atoms with Gasteiger partial charge in [0, 0.05) is 30.7 Å². The van der Waals surface area contributed by atoms with Crippen LogP contribution in [-0.2, 0) is 4.79 Å². The second-order valence-electron chi connectivity index (χ2n) is 4.41. The average molecular weight is 210 g/mol. The first-order chi connectivity index (χ1) is 7.06. The Labute approximate surface area is 92.5 Å². The fourth-order valence-corrected chi connectivity index (χ4v) is 1.92. The van der Waals surface area contributed by atoms with Crippen molar-refractivity contribution in [2.45, 2.75) is 46.2 Å². The third kappa shape index (κ3) is 3.06. The zero-order chi connectivity index (χ0) is 11.4. The maximum Gasteiger partial charge on any atom is 0.249 e. The molecule has 1 N–H and O–H groups in total. The summed E-state index contributed by atoms with van der Waals surface area (Å²) in [7, 11) is 0. The van der Waals surface area contributed by atoms with Crippen molar-refractivity contribution in [2.75, 3.05) is 13.1 Å². The van der Waals surface area contributed by atoms with Crippen molar-refractivity contribution in [3.63, 3.8) is 0 Å². The van der Waals surface area contributed by atoms with Gasteiger partial charge in [-0.2, -0.15) is 0 Å². The first-order valence-corrected chi connectivity index (χ1v) is 5.77. The minimum atomic E-state index is 0.192. The summed E-state index contributed by atoms with van der Waals surface area (Å²) in [5.41, 5.74) is 0.874. The number of carbonyl (C=O) groups is 1. The third-order valence-electron chi connectivity index (χ3n) is 2.87. The van der Waals surface area contributed by atoms with Crippen LogP contribution >= 0.6 is 0 Å². The van der Waals surface area contributed by atoms with E-state index in [1.165, 1.54) is 0 Å². The molecule has 2 atom stereocenters. The predicted molar refractivity (Wildman–Crippen MR) is 62.7 cm³/mol. The van der Waals surface area contributed by atoms with Crippen LogP contribution < -0.4 is 5.32 Å². The molecule has 1 heterocycles. The molecule has 3 heteroatoms. The van der Waals surface area contributed by atoms with Gasteiger partial charge >= 0.3 is 0 Å². The van der Waals surface area contributed by atoms with Crippen LogP contribution in [0.15, 0.2) is 11.6 Å².